The van der Waals surface area contributed by atoms with Gasteiger partial charge in [-0.15, -0.1) is 0 Å². The highest BCUT2D eigenvalue weighted by Crippen LogP contribution is 2.24. The highest BCUT2D eigenvalue weighted by Gasteiger charge is 2.25. The van der Waals surface area contributed by atoms with Gasteiger partial charge in [0.05, 0.1) is 5.84 Å². The van der Waals surface area contributed by atoms with Gasteiger partial charge in [0.15, 0.2) is 0 Å². The van der Waals surface area contributed by atoms with Crippen LogP contribution in [0.3, 0.4) is 0 Å². The summed E-state index contributed by atoms with van der Waals surface area (Å²) in [6.45, 7) is 0.944. The first kappa shape index (κ1) is 7.54. The van der Waals surface area contributed by atoms with Crippen LogP contribution in [0, 0.1) is 5.41 Å². The first-order chi connectivity index (χ1) is 4.70. The summed E-state index contributed by atoms with van der Waals surface area (Å²) in [4.78, 5) is 2.28. The minimum atomic E-state index is 0.299. The van der Waals surface area contributed by atoms with Gasteiger partial charge in [-0.25, -0.2) is 0 Å². The molecule has 0 spiro atoms. The summed E-state index contributed by atoms with van der Waals surface area (Å²) in [6, 6.07) is 0.791. The first-order valence-corrected chi connectivity index (χ1v) is 3.73. The zero-order valence-corrected chi connectivity index (χ0v) is 6.43. The van der Waals surface area contributed by atoms with Gasteiger partial charge in [0, 0.05) is 19.0 Å². The fourth-order valence-electron chi connectivity index (χ4n) is 0.995. The second-order valence-corrected chi connectivity index (χ2v) is 2.99. The molecule has 3 nitrogen and oxygen atoms in total. The molecule has 3 N–H and O–H groups in total. The van der Waals surface area contributed by atoms with Crippen LogP contribution in [0.25, 0.3) is 0 Å². The van der Waals surface area contributed by atoms with Crippen LogP contribution >= 0.6 is 0 Å². The van der Waals surface area contributed by atoms with Crippen LogP contribution < -0.4 is 5.73 Å². The molecule has 0 atom stereocenters. The lowest BCUT2D eigenvalue weighted by Crippen LogP contribution is -2.25. The van der Waals surface area contributed by atoms with E-state index in [1.165, 1.54) is 12.8 Å². The van der Waals surface area contributed by atoms with E-state index in [2.05, 4.69) is 11.9 Å². The molecule has 1 fully saturated rings. The molecule has 0 bridgehead atoms. The summed E-state index contributed by atoms with van der Waals surface area (Å²) in [5, 5.41) is 7.00. The van der Waals surface area contributed by atoms with Gasteiger partial charge < -0.3 is 10.6 Å². The lowest BCUT2D eigenvalue weighted by molar-refractivity contribution is 0.334. The van der Waals surface area contributed by atoms with E-state index in [1.54, 1.807) is 0 Å². The summed E-state index contributed by atoms with van der Waals surface area (Å²) >= 11 is 0. The van der Waals surface area contributed by atoms with Gasteiger partial charge in [-0.3, -0.25) is 5.41 Å². The van der Waals surface area contributed by atoms with Crippen molar-refractivity contribution in [1.29, 1.82) is 5.41 Å². The second-order valence-electron chi connectivity index (χ2n) is 2.99. The summed E-state index contributed by atoms with van der Waals surface area (Å²) in [7, 11) is 2.10. The van der Waals surface area contributed by atoms with Crippen molar-refractivity contribution in [2.24, 2.45) is 5.73 Å². The normalized spacial score (nSPS) is 17.8. The molecule has 58 valence electrons. The Balaban J connectivity index is 2.05. The number of hydrogen-bond acceptors (Lipinski definition) is 2. The van der Waals surface area contributed by atoms with Crippen LogP contribution in [-0.2, 0) is 0 Å². The molecule has 1 aliphatic carbocycles. The summed E-state index contributed by atoms with van der Waals surface area (Å²) in [6.07, 6.45) is 3.37. The lowest BCUT2D eigenvalue weighted by Gasteiger charge is -2.13. The van der Waals surface area contributed by atoms with Gasteiger partial charge in [-0.2, -0.15) is 0 Å². The zero-order valence-electron chi connectivity index (χ0n) is 6.43. The van der Waals surface area contributed by atoms with Gasteiger partial charge in [-0.1, -0.05) is 0 Å². The molecule has 0 heterocycles. The number of nitrogens with two attached hydrogens (primary N) is 1. The van der Waals surface area contributed by atoms with Crippen LogP contribution in [0.15, 0.2) is 0 Å². The highest BCUT2D eigenvalue weighted by molar-refractivity contribution is 5.76. The molecule has 3 heteroatoms. The van der Waals surface area contributed by atoms with Crippen molar-refractivity contribution in [3.8, 4) is 0 Å². The molecule has 0 aliphatic heterocycles. The Kier molecular flexibility index (Phi) is 2.27. The number of rotatable bonds is 4. The smallest absolute Gasteiger partial charge is 0.0918 e. The van der Waals surface area contributed by atoms with Crippen molar-refractivity contribution in [2.75, 3.05) is 13.6 Å². The van der Waals surface area contributed by atoms with Crippen LogP contribution in [-0.4, -0.2) is 30.4 Å². The average Bonchev–Trinajstić information content (AvgIpc) is 2.63. The summed E-state index contributed by atoms with van der Waals surface area (Å²) in [5.74, 6) is 0.299. The van der Waals surface area contributed by atoms with E-state index < -0.39 is 0 Å². The second kappa shape index (κ2) is 3.01. The molecule has 0 radical (unpaired) electrons. The Hall–Kier alpha value is -0.570. The highest BCUT2D eigenvalue weighted by atomic mass is 15.1. The SMILES string of the molecule is CN(CCC(=N)N)C1CC1. The Morgan fingerprint density at radius 3 is 2.70 bits per heavy atom. The van der Waals surface area contributed by atoms with E-state index >= 15 is 0 Å². The number of hydrogen-bond donors (Lipinski definition) is 2. The maximum absolute atomic E-state index is 7.00. The van der Waals surface area contributed by atoms with Crippen LogP contribution in [0.2, 0.25) is 0 Å². The van der Waals surface area contributed by atoms with Crippen LogP contribution in [0.5, 0.6) is 0 Å². The predicted molar refractivity (Wildman–Crippen MR) is 42.2 cm³/mol. The van der Waals surface area contributed by atoms with E-state index in [9.17, 15) is 0 Å². The van der Waals surface area contributed by atoms with Gasteiger partial charge in [0.2, 0.25) is 0 Å². The average molecular weight is 141 g/mol. The van der Waals surface area contributed by atoms with Gasteiger partial charge in [-0.05, 0) is 19.9 Å². The molecule has 1 aliphatic rings. The fourth-order valence-corrected chi connectivity index (χ4v) is 0.995. The topological polar surface area (TPSA) is 53.1 Å². The third kappa shape index (κ3) is 2.35. The molecule has 0 saturated heterocycles. The first-order valence-electron chi connectivity index (χ1n) is 3.73. The number of nitrogens with zero attached hydrogens (tertiary/aromatic N) is 1. The van der Waals surface area contributed by atoms with Gasteiger partial charge in [0.25, 0.3) is 0 Å². The quantitative estimate of drug-likeness (QED) is 0.440. The number of amidine groups is 1. The van der Waals surface area contributed by atoms with Crippen molar-refractivity contribution >= 4 is 5.84 Å². The predicted octanol–water partition coefficient (Wildman–Crippen LogP) is 0.407. The fraction of sp³-hybridized carbons (Fsp3) is 0.857. The van der Waals surface area contributed by atoms with E-state index in [0.29, 0.717) is 12.3 Å². The lowest BCUT2D eigenvalue weighted by atomic mass is 10.3. The molecule has 0 aromatic rings. The van der Waals surface area contributed by atoms with Crippen molar-refractivity contribution in [1.82, 2.24) is 4.90 Å². The molecule has 0 amide bonds. The largest absolute Gasteiger partial charge is 0.388 e. The van der Waals surface area contributed by atoms with Crippen LogP contribution in [0.1, 0.15) is 19.3 Å². The Morgan fingerprint density at radius 1 is 1.70 bits per heavy atom. The van der Waals surface area contributed by atoms with Crippen molar-refractivity contribution in [2.45, 2.75) is 25.3 Å². The van der Waals surface area contributed by atoms with Crippen LogP contribution in [0.4, 0.5) is 0 Å². The van der Waals surface area contributed by atoms with Crippen molar-refractivity contribution in [3.63, 3.8) is 0 Å². The molecular weight excluding hydrogens is 126 g/mol. The molecule has 1 rings (SSSR count). The number of nitrogens with one attached hydrogen (secondary N) is 1. The van der Waals surface area contributed by atoms with E-state index in [0.717, 1.165) is 12.6 Å². The molecule has 0 aromatic heterocycles. The van der Waals surface area contributed by atoms with Gasteiger partial charge >= 0.3 is 0 Å². The zero-order chi connectivity index (χ0) is 7.56. The molecular formula is C7H15N3. The Labute approximate surface area is 61.7 Å². The Bertz CT molecular complexity index is 129. The molecule has 0 unspecified atom stereocenters. The standard InChI is InChI=1S/C7H15N3/c1-10(6-2-3-6)5-4-7(8)9/h6H,2-5H2,1H3,(H3,8,9). The molecule has 1 saturated carbocycles. The van der Waals surface area contributed by atoms with Crippen molar-refractivity contribution in [3.05, 3.63) is 0 Å². The molecule has 0 aromatic carbocycles. The summed E-state index contributed by atoms with van der Waals surface area (Å²) < 4.78 is 0. The Morgan fingerprint density at radius 2 is 2.30 bits per heavy atom. The summed E-state index contributed by atoms with van der Waals surface area (Å²) in [5.41, 5.74) is 5.22. The van der Waals surface area contributed by atoms with Gasteiger partial charge in [0.1, 0.15) is 0 Å². The van der Waals surface area contributed by atoms with E-state index in [4.69, 9.17) is 11.1 Å². The maximum Gasteiger partial charge on any atom is 0.0918 e. The minimum absolute atomic E-state index is 0.299. The third-order valence-corrected chi connectivity index (χ3v) is 1.90. The monoisotopic (exact) mass is 141 g/mol. The van der Waals surface area contributed by atoms with Crippen molar-refractivity contribution < 1.29 is 0 Å². The van der Waals surface area contributed by atoms with E-state index in [-0.39, 0.29) is 0 Å². The van der Waals surface area contributed by atoms with E-state index in [1.807, 2.05) is 0 Å². The molecule has 10 heavy (non-hydrogen) atoms. The maximum atomic E-state index is 7.00. The third-order valence-electron chi connectivity index (χ3n) is 1.90. The minimum Gasteiger partial charge on any atom is -0.388 e.